The summed E-state index contributed by atoms with van der Waals surface area (Å²) in [5.74, 6) is -0.955. The summed E-state index contributed by atoms with van der Waals surface area (Å²) in [5, 5.41) is 8.64. The lowest BCUT2D eigenvalue weighted by molar-refractivity contribution is -0.131. The predicted octanol–water partition coefficient (Wildman–Crippen LogP) is 3.72. The molecule has 1 aromatic carbocycles. The van der Waals surface area contributed by atoms with Gasteiger partial charge >= 0.3 is 5.97 Å². The Balaban J connectivity index is 2.30. The van der Waals surface area contributed by atoms with Crippen molar-refractivity contribution in [2.24, 2.45) is 0 Å². The average molecular weight is 267 g/mol. The molecule has 1 aromatic heterocycles. The summed E-state index contributed by atoms with van der Waals surface area (Å²) in [4.78, 5) is 15.1. The zero-order valence-electron chi connectivity index (χ0n) is 11.6. The van der Waals surface area contributed by atoms with Crippen molar-refractivity contribution in [2.75, 3.05) is 0 Å². The van der Waals surface area contributed by atoms with Crippen LogP contribution < -0.4 is 0 Å². The van der Waals surface area contributed by atoms with Crippen molar-refractivity contribution in [3.05, 3.63) is 59.3 Å². The molecule has 0 bridgehead atoms. The molecule has 0 spiro atoms. The summed E-state index contributed by atoms with van der Waals surface area (Å²) in [6.07, 6.45) is 3.71. The number of aliphatic carboxylic acids is 1. The number of pyridine rings is 1. The van der Waals surface area contributed by atoms with E-state index in [2.05, 4.69) is 36.2 Å². The fraction of sp³-hybridized carbons (Fsp3) is 0.176. The molecule has 0 atom stereocenters. The molecule has 102 valence electrons. The molecule has 0 radical (unpaired) electrons. The fourth-order valence-corrected chi connectivity index (χ4v) is 1.98. The summed E-state index contributed by atoms with van der Waals surface area (Å²) in [6, 6.07) is 12.1. The number of rotatable bonds is 4. The van der Waals surface area contributed by atoms with Crippen molar-refractivity contribution in [1.82, 2.24) is 4.98 Å². The molecule has 0 saturated heterocycles. The second-order valence-corrected chi connectivity index (χ2v) is 4.59. The first kappa shape index (κ1) is 14.0. The monoisotopic (exact) mass is 267 g/mol. The molecule has 0 aliphatic carbocycles. The molecule has 0 saturated carbocycles. The molecule has 1 N–H and O–H groups in total. The van der Waals surface area contributed by atoms with Gasteiger partial charge in [0.1, 0.15) is 0 Å². The van der Waals surface area contributed by atoms with Gasteiger partial charge in [-0.15, -0.1) is 0 Å². The van der Waals surface area contributed by atoms with E-state index in [1.54, 1.807) is 6.08 Å². The molecule has 0 fully saturated rings. The van der Waals surface area contributed by atoms with Gasteiger partial charge in [0.25, 0.3) is 0 Å². The lowest BCUT2D eigenvalue weighted by Crippen LogP contribution is -1.92. The van der Waals surface area contributed by atoms with E-state index in [-0.39, 0.29) is 0 Å². The van der Waals surface area contributed by atoms with Gasteiger partial charge in [-0.25, -0.2) is 4.79 Å². The fourth-order valence-electron chi connectivity index (χ4n) is 1.98. The Bertz CT molecular complexity index is 643. The largest absolute Gasteiger partial charge is 0.478 e. The Morgan fingerprint density at radius 2 is 1.90 bits per heavy atom. The van der Waals surface area contributed by atoms with Crippen molar-refractivity contribution in [1.29, 1.82) is 0 Å². The lowest BCUT2D eigenvalue weighted by atomic mass is 10.1. The number of aryl methyl sites for hydroxylation is 2. The summed E-state index contributed by atoms with van der Waals surface area (Å²) in [5.41, 5.74) is 4.91. The molecule has 1 heterocycles. The minimum absolute atomic E-state index is 0.819. The second-order valence-electron chi connectivity index (χ2n) is 4.59. The third-order valence-corrected chi connectivity index (χ3v) is 3.19. The van der Waals surface area contributed by atoms with Crippen LogP contribution in [0, 0.1) is 6.92 Å². The second kappa shape index (κ2) is 6.15. The van der Waals surface area contributed by atoms with Crippen molar-refractivity contribution in [3.8, 4) is 11.3 Å². The van der Waals surface area contributed by atoms with Crippen LogP contribution in [0.15, 0.2) is 42.5 Å². The lowest BCUT2D eigenvalue weighted by Gasteiger charge is -2.06. The number of carbonyl (C=O) groups is 1. The number of benzene rings is 1. The van der Waals surface area contributed by atoms with E-state index in [1.165, 1.54) is 5.56 Å². The Kier molecular flexibility index (Phi) is 4.31. The number of nitrogens with zero attached hydrogens (tertiary/aromatic N) is 1. The van der Waals surface area contributed by atoms with Crippen molar-refractivity contribution < 1.29 is 9.90 Å². The number of hydrogen-bond donors (Lipinski definition) is 1. The molecule has 3 nitrogen and oxygen atoms in total. The molecule has 2 rings (SSSR count). The van der Waals surface area contributed by atoms with E-state index in [0.29, 0.717) is 0 Å². The van der Waals surface area contributed by atoms with Crippen LogP contribution in [0.4, 0.5) is 0 Å². The first-order chi connectivity index (χ1) is 9.60. The van der Waals surface area contributed by atoms with Crippen LogP contribution in [-0.4, -0.2) is 16.1 Å². The zero-order valence-corrected chi connectivity index (χ0v) is 11.6. The number of aromatic nitrogens is 1. The maximum Gasteiger partial charge on any atom is 0.328 e. The van der Waals surface area contributed by atoms with Gasteiger partial charge in [-0.3, -0.25) is 4.98 Å². The quantitative estimate of drug-likeness (QED) is 0.859. The Morgan fingerprint density at radius 3 is 2.45 bits per heavy atom. The van der Waals surface area contributed by atoms with E-state index in [9.17, 15) is 4.79 Å². The predicted molar refractivity (Wildman–Crippen MR) is 80.5 cm³/mol. The van der Waals surface area contributed by atoms with Crippen molar-refractivity contribution >= 4 is 12.0 Å². The molecule has 0 amide bonds. The van der Waals surface area contributed by atoms with E-state index >= 15 is 0 Å². The molecule has 0 unspecified atom stereocenters. The van der Waals surface area contributed by atoms with E-state index in [0.717, 1.165) is 35.0 Å². The molecule has 20 heavy (non-hydrogen) atoms. The van der Waals surface area contributed by atoms with Crippen molar-refractivity contribution in [2.45, 2.75) is 20.3 Å². The molecular weight excluding hydrogens is 250 g/mol. The normalized spacial score (nSPS) is 10.9. The van der Waals surface area contributed by atoms with Crippen LogP contribution >= 0.6 is 0 Å². The highest BCUT2D eigenvalue weighted by atomic mass is 16.4. The molecule has 3 heteroatoms. The summed E-state index contributed by atoms with van der Waals surface area (Å²) >= 11 is 0. The van der Waals surface area contributed by atoms with Crippen LogP contribution in [0.2, 0.25) is 0 Å². The van der Waals surface area contributed by atoms with E-state index < -0.39 is 5.97 Å². The third-order valence-electron chi connectivity index (χ3n) is 3.19. The van der Waals surface area contributed by atoms with Gasteiger partial charge < -0.3 is 5.11 Å². The topological polar surface area (TPSA) is 50.2 Å². The maximum absolute atomic E-state index is 10.5. The van der Waals surface area contributed by atoms with Crippen LogP contribution in [-0.2, 0) is 11.2 Å². The number of hydrogen-bond acceptors (Lipinski definition) is 2. The third kappa shape index (κ3) is 3.32. The number of carboxylic acids is 1. The SMILES string of the molecule is CCc1ccc(-c2ccc(/C=C/C(=O)O)c(C)n2)cc1. The van der Waals surface area contributed by atoms with Crippen molar-refractivity contribution in [3.63, 3.8) is 0 Å². The van der Waals surface area contributed by atoms with Gasteiger partial charge in [0.15, 0.2) is 0 Å². The van der Waals surface area contributed by atoms with Gasteiger partial charge in [-0.2, -0.15) is 0 Å². The molecule has 0 aliphatic rings. The standard InChI is InChI=1S/C17H17NO2/c1-3-13-4-6-15(7-5-13)16-10-8-14(12(2)18-16)9-11-17(19)20/h4-11H,3H2,1-2H3,(H,19,20)/b11-9+. The van der Waals surface area contributed by atoms with E-state index in [1.807, 2.05) is 19.1 Å². The minimum atomic E-state index is -0.955. The Labute approximate surface area is 118 Å². The average Bonchev–Trinajstić information content (AvgIpc) is 2.46. The van der Waals surface area contributed by atoms with Gasteiger partial charge in [0.05, 0.1) is 5.69 Å². The summed E-state index contributed by atoms with van der Waals surface area (Å²) in [7, 11) is 0. The van der Waals surface area contributed by atoms with Gasteiger partial charge in [0, 0.05) is 17.3 Å². The van der Waals surface area contributed by atoms with Crippen LogP contribution in [0.25, 0.3) is 17.3 Å². The van der Waals surface area contributed by atoms with Gasteiger partial charge in [0.2, 0.25) is 0 Å². The first-order valence-electron chi connectivity index (χ1n) is 6.58. The summed E-state index contributed by atoms with van der Waals surface area (Å²) < 4.78 is 0. The Morgan fingerprint density at radius 1 is 1.20 bits per heavy atom. The molecular formula is C17H17NO2. The van der Waals surface area contributed by atoms with Crippen LogP contribution in [0.1, 0.15) is 23.7 Å². The highest BCUT2D eigenvalue weighted by molar-refractivity contribution is 5.85. The molecule has 2 aromatic rings. The van der Waals surface area contributed by atoms with E-state index in [4.69, 9.17) is 5.11 Å². The minimum Gasteiger partial charge on any atom is -0.478 e. The maximum atomic E-state index is 10.5. The smallest absolute Gasteiger partial charge is 0.328 e. The first-order valence-corrected chi connectivity index (χ1v) is 6.58. The highest BCUT2D eigenvalue weighted by Gasteiger charge is 2.03. The van der Waals surface area contributed by atoms with Gasteiger partial charge in [-0.1, -0.05) is 37.3 Å². The summed E-state index contributed by atoms with van der Waals surface area (Å²) in [6.45, 7) is 4.01. The molecule has 0 aliphatic heterocycles. The Hall–Kier alpha value is -2.42. The van der Waals surface area contributed by atoms with Crippen LogP contribution in [0.3, 0.4) is 0 Å². The highest BCUT2D eigenvalue weighted by Crippen LogP contribution is 2.20. The van der Waals surface area contributed by atoms with Gasteiger partial charge in [-0.05, 0) is 36.6 Å². The van der Waals surface area contributed by atoms with Crippen LogP contribution in [0.5, 0.6) is 0 Å². The number of carboxylic acid groups (broad SMARTS) is 1. The zero-order chi connectivity index (χ0) is 14.5.